The smallest absolute Gasteiger partial charge is 0.408 e. The van der Waals surface area contributed by atoms with Gasteiger partial charge in [-0.25, -0.2) is 4.79 Å². The lowest BCUT2D eigenvalue weighted by Gasteiger charge is -2.42. The molecular formula is C31H39N5O7. The molecule has 230 valence electrons. The van der Waals surface area contributed by atoms with E-state index in [1.54, 1.807) is 59.5 Å². The summed E-state index contributed by atoms with van der Waals surface area (Å²) in [6.45, 7) is 6.02. The monoisotopic (exact) mass is 593 g/mol. The highest BCUT2D eigenvalue weighted by molar-refractivity contribution is 5.94. The lowest BCUT2D eigenvalue weighted by Crippen LogP contribution is -2.62. The summed E-state index contributed by atoms with van der Waals surface area (Å²) in [6.07, 6.45) is -2.66. The van der Waals surface area contributed by atoms with Crippen LogP contribution in [0.15, 0.2) is 60.7 Å². The zero-order chi connectivity index (χ0) is 31.3. The molecule has 2 aromatic rings. The highest BCUT2D eigenvalue weighted by Crippen LogP contribution is 2.37. The number of fused-ring (bicyclic) bond motifs is 2. The van der Waals surface area contributed by atoms with Crippen LogP contribution in [0.1, 0.15) is 44.7 Å². The Balaban J connectivity index is 1.48. The van der Waals surface area contributed by atoms with E-state index in [1.165, 1.54) is 4.90 Å². The summed E-state index contributed by atoms with van der Waals surface area (Å²) in [5, 5.41) is 16.3. The number of primary amides is 1. The van der Waals surface area contributed by atoms with Gasteiger partial charge in [-0.2, -0.15) is 0 Å². The molecule has 2 bridgehead atoms. The molecule has 43 heavy (non-hydrogen) atoms. The van der Waals surface area contributed by atoms with Crippen LogP contribution in [0.4, 0.5) is 4.79 Å². The molecule has 5 N–H and O–H groups in total. The van der Waals surface area contributed by atoms with Gasteiger partial charge >= 0.3 is 6.09 Å². The lowest BCUT2D eigenvalue weighted by molar-refractivity contribution is -0.155. The van der Waals surface area contributed by atoms with E-state index in [0.717, 1.165) is 11.1 Å². The van der Waals surface area contributed by atoms with Gasteiger partial charge in [0, 0.05) is 12.1 Å². The predicted octanol–water partition coefficient (Wildman–Crippen LogP) is 0.855. The molecule has 5 atom stereocenters. The number of hydrogen-bond donors (Lipinski definition) is 4. The number of amides is 5. The number of piperazine rings is 1. The Morgan fingerprint density at radius 3 is 2.16 bits per heavy atom. The second-order valence-electron chi connectivity index (χ2n) is 12.0. The maximum absolute atomic E-state index is 13.6. The Morgan fingerprint density at radius 2 is 1.60 bits per heavy atom. The Bertz CT molecular complexity index is 1330. The third-order valence-corrected chi connectivity index (χ3v) is 7.66. The summed E-state index contributed by atoms with van der Waals surface area (Å²) in [6, 6.07) is 14.4. The number of nitrogens with one attached hydrogen (secondary N) is 2. The number of carbonyl (C=O) groups is 5. The molecule has 12 nitrogen and oxygen atoms in total. The number of nitrogens with two attached hydrogens (primary N) is 1. The molecule has 2 saturated heterocycles. The SMILES string of the molecule is CC(C)(C)N1C(=O)[C@@H]2C[C@H]1CN2C(=O)[C@@H](O)[C@H](Cc1ccccc1)NC(=O)[C@H](CC(N)=O)NC(=O)OCc1ccccc1. The number of hydrogen-bond acceptors (Lipinski definition) is 7. The van der Waals surface area contributed by atoms with E-state index < -0.39 is 60.0 Å². The predicted molar refractivity (Wildman–Crippen MR) is 156 cm³/mol. The van der Waals surface area contributed by atoms with Gasteiger partial charge < -0.3 is 36.0 Å². The number of ether oxygens (including phenoxy) is 1. The normalized spacial score (nSPS) is 19.9. The van der Waals surface area contributed by atoms with Crippen molar-refractivity contribution in [1.29, 1.82) is 0 Å². The van der Waals surface area contributed by atoms with Crippen molar-refractivity contribution in [1.82, 2.24) is 20.4 Å². The van der Waals surface area contributed by atoms with E-state index >= 15 is 0 Å². The molecule has 2 aliphatic rings. The summed E-state index contributed by atoms with van der Waals surface area (Å²) >= 11 is 0. The van der Waals surface area contributed by atoms with E-state index in [4.69, 9.17) is 10.5 Å². The quantitative estimate of drug-likeness (QED) is 0.299. The maximum Gasteiger partial charge on any atom is 0.408 e. The van der Waals surface area contributed by atoms with Crippen LogP contribution in [-0.4, -0.2) is 87.0 Å². The van der Waals surface area contributed by atoms with Gasteiger partial charge in [-0.05, 0) is 44.7 Å². The molecule has 0 aliphatic carbocycles. The summed E-state index contributed by atoms with van der Waals surface area (Å²) < 4.78 is 5.19. The number of aliphatic hydroxyl groups is 1. The van der Waals surface area contributed by atoms with E-state index in [-0.39, 0.29) is 31.5 Å². The lowest BCUT2D eigenvalue weighted by atomic mass is 9.98. The fourth-order valence-electron chi connectivity index (χ4n) is 5.75. The average Bonchev–Trinajstić information content (AvgIpc) is 3.53. The molecule has 2 heterocycles. The second kappa shape index (κ2) is 13.2. The molecule has 0 aromatic heterocycles. The summed E-state index contributed by atoms with van der Waals surface area (Å²) in [7, 11) is 0. The van der Waals surface area contributed by atoms with Crippen LogP contribution < -0.4 is 16.4 Å². The van der Waals surface area contributed by atoms with Crippen LogP contribution in [0, 0.1) is 0 Å². The number of rotatable bonds is 11. The number of nitrogens with zero attached hydrogens (tertiary/aromatic N) is 2. The van der Waals surface area contributed by atoms with Gasteiger partial charge in [0.1, 0.15) is 18.7 Å². The van der Waals surface area contributed by atoms with Crippen LogP contribution in [-0.2, 0) is 36.9 Å². The van der Waals surface area contributed by atoms with Crippen molar-refractivity contribution in [2.24, 2.45) is 5.73 Å². The molecule has 0 saturated carbocycles. The molecule has 0 spiro atoms. The van der Waals surface area contributed by atoms with Crippen molar-refractivity contribution in [3.63, 3.8) is 0 Å². The first-order valence-electron chi connectivity index (χ1n) is 14.3. The molecule has 4 rings (SSSR count). The van der Waals surface area contributed by atoms with Crippen LogP contribution in [0.25, 0.3) is 0 Å². The van der Waals surface area contributed by atoms with Gasteiger partial charge in [-0.1, -0.05) is 60.7 Å². The number of benzene rings is 2. The first kappa shape index (κ1) is 31.5. The van der Waals surface area contributed by atoms with Crippen LogP contribution >= 0.6 is 0 Å². The number of aliphatic hydroxyl groups excluding tert-OH is 1. The molecule has 2 aliphatic heterocycles. The Labute approximate surface area is 250 Å². The average molecular weight is 594 g/mol. The van der Waals surface area contributed by atoms with Gasteiger partial charge in [-0.3, -0.25) is 19.2 Å². The second-order valence-corrected chi connectivity index (χ2v) is 12.0. The zero-order valence-corrected chi connectivity index (χ0v) is 24.6. The first-order chi connectivity index (χ1) is 20.3. The fourth-order valence-corrected chi connectivity index (χ4v) is 5.75. The minimum absolute atomic E-state index is 0.0607. The number of alkyl carbamates (subject to hydrolysis) is 1. The molecule has 5 amide bonds. The fraction of sp³-hybridized carbons (Fsp3) is 0.452. The minimum Gasteiger partial charge on any atom is -0.445 e. The van der Waals surface area contributed by atoms with Crippen LogP contribution in [0.5, 0.6) is 0 Å². The van der Waals surface area contributed by atoms with Gasteiger partial charge in [0.2, 0.25) is 17.7 Å². The maximum atomic E-state index is 13.6. The highest BCUT2D eigenvalue weighted by Gasteiger charge is 2.55. The van der Waals surface area contributed by atoms with Gasteiger partial charge in [0.15, 0.2) is 6.10 Å². The molecule has 2 fully saturated rings. The van der Waals surface area contributed by atoms with Crippen LogP contribution in [0.2, 0.25) is 0 Å². The Kier molecular flexibility index (Phi) is 9.70. The van der Waals surface area contributed by atoms with Crippen molar-refractivity contribution in [2.45, 2.75) is 82.5 Å². The third kappa shape index (κ3) is 7.69. The zero-order valence-electron chi connectivity index (χ0n) is 24.6. The van der Waals surface area contributed by atoms with Crippen molar-refractivity contribution in [2.75, 3.05) is 6.54 Å². The van der Waals surface area contributed by atoms with Crippen molar-refractivity contribution >= 4 is 29.7 Å². The van der Waals surface area contributed by atoms with Crippen molar-refractivity contribution < 1.29 is 33.8 Å². The Morgan fingerprint density at radius 1 is 1.00 bits per heavy atom. The summed E-state index contributed by atoms with van der Waals surface area (Å²) in [5.74, 6) is -2.54. The first-order valence-corrected chi connectivity index (χ1v) is 14.3. The van der Waals surface area contributed by atoms with E-state index in [2.05, 4.69) is 10.6 Å². The van der Waals surface area contributed by atoms with Crippen molar-refractivity contribution in [3.05, 3.63) is 71.8 Å². The summed E-state index contributed by atoms with van der Waals surface area (Å²) in [5.41, 5.74) is 6.39. The molecule has 0 radical (unpaired) electrons. The van der Waals surface area contributed by atoms with Gasteiger partial charge in [-0.15, -0.1) is 0 Å². The molecular weight excluding hydrogens is 554 g/mol. The third-order valence-electron chi connectivity index (χ3n) is 7.66. The van der Waals surface area contributed by atoms with Crippen molar-refractivity contribution in [3.8, 4) is 0 Å². The van der Waals surface area contributed by atoms with E-state index in [0.29, 0.717) is 6.42 Å². The van der Waals surface area contributed by atoms with Gasteiger partial charge in [0.25, 0.3) is 5.91 Å². The highest BCUT2D eigenvalue weighted by atomic mass is 16.5. The number of carbonyl (C=O) groups excluding carboxylic acids is 5. The van der Waals surface area contributed by atoms with Crippen LogP contribution in [0.3, 0.4) is 0 Å². The molecule has 2 aromatic carbocycles. The largest absolute Gasteiger partial charge is 0.445 e. The number of likely N-dealkylation sites (tertiary alicyclic amines) is 2. The summed E-state index contributed by atoms with van der Waals surface area (Å²) in [4.78, 5) is 67.5. The molecule has 12 heteroatoms. The van der Waals surface area contributed by atoms with E-state index in [9.17, 15) is 29.1 Å². The topological polar surface area (TPSA) is 171 Å². The van der Waals surface area contributed by atoms with Gasteiger partial charge in [0.05, 0.1) is 18.5 Å². The Hall–Kier alpha value is -4.45. The standard InChI is InChI=1S/C31H39N5O7/c1-31(2,3)36-21-15-24(28(36)40)35(17-21)29(41)26(38)22(14-19-10-6-4-7-11-19)33-27(39)23(16-25(32)37)34-30(42)43-18-20-12-8-5-9-13-20/h4-13,21-24,26,38H,14-18H2,1-3H3,(H2,32,37)(H,33,39)(H,34,42)/t21-,22-,23-,24-,26-/m0/s1. The van der Waals surface area contributed by atoms with E-state index in [1.807, 2.05) is 26.8 Å². The minimum atomic E-state index is -1.71. The molecule has 0 unspecified atom stereocenters.